The van der Waals surface area contributed by atoms with Crippen LogP contribution in [0.25, 0.3) is 10.9 Å². The van der Waals surface area contributed by atoms with Crippen molar-refractivity contribution in [3.63, 3.8) is 0 Å². The summed E-state index contributed by atoms with van der Waals surface area (Å²) in [5, 5.41) is 4.11. The van der Waals surface area contributed by atoms with Gasteiger partial charge in [0.05, 0.1) is 6.42 Å². The number of para-hydroxylation sites is 1. The molecular formula is C31H46N4O3. The summed E-state index contributed by atoms with van der Waals surface area (Å²) in [5.74, 6) is 0.630. The molecule has 2 fully saturated rings. The van der Waals surface area contributed by atoms with Crippen molar-refractivity contribution in [1.82, 2.24) is 20.1 Å². The van der Waals surface area contributed by atoms with E-state index in [2.05, 4.69) is 17.2 Å². The molecule has 1 atom stereocenters. The molecule has 1 saturated heterocycles. The van der Waals surface area contributed by atoms with Gasteiger partial charge in [-0.15, -0.1) is 0 Å². The lowest BCUT2D eigenvalue weighted by Gasteiger charge is -2.31. The molecule has 0 bridgehead atoms. The monoisotopic (exact) mass is 522 g/mol. The third-order valence-electron chi connectivity index (χ3n) is 8.40. The molecule has 1 saturated carbocycles. The predicted octanol–water partition coefficient (Wildman–Crippen LogP) is 5.20. The van der Waals surface area contributed by atoms with E-state index in [0.717, 1.165) is 61.7 Å². The Morgan fingerprint density at radius 3 is 2.58 bits per heavy atom. The van der Waals surface area contributed by atoms with E-state index < -0.39 is 6.04 Å². The third kappa shape index (κ3) is 7.84. The fraction of sp³-hybridized carbons (Fsp3) is 0.645. The summed E-state index contributed by atoms with van der Waals surface area (Å²) in [4.78, 5) is 46.9. The number of carbonyl (C=O) groups is 3. The van der Waals surface area contributed by atoms with Crippen molar-refractivity contribution in [2.45, 2.75) is 96.4 Å². The predicted molar refractivity (Wildman–Crippen MR) is 152 cm³/mol. The van der Waals surface area contributed by atoms with Crippen molar-refractivity contribution in [2.24, 2.45) is 5.92 Å². The van der Waals surface area contributed by atoms with Crippen molar-refractivity contribution in [3.05, 3.63) is 36.0 Å². The van der Waals surface area contributed by atoms with Gasteiger partial charge in [-0.3, -0.25) is 14.4 Å². The number of nitrogens with one attached hydrogen (secondary N) is 2. The van der Waals surface area contributed by atoms with Crippen molar-refractivity contribution in [3.8, 4) is 0 Å². The molecule has 1 aliphatic heterocycles. The molecule has 2 heterocycles. The van der Waals surface area contributed by atoms with Gasteiger partial charge in [0.15, 0.2) is 0 Å². The van der Waals surface area contributed by atoms with Gasteiger partial charge in [0.25, 0.3) is 0 Å². The first kappa shape index (κ1) is 28.2. The van der Waals surface area contributed by atoms with Gasteiger partial charge in [0, 0.05) is 49.7 Å². The smallest absolute Gasteiger partial charge is 0.245 e. The lowest BCUT2D eigenvalue weighted by Crippen LogP contribution is -2.50. The Hall–Kier alpha value is -2.83. The number of amides is 3. The molecule has 38 heavy (non-hydrogen) atoms. The van der Waals surface area contributed by atoms with E-state index in [4.69, 9.17) is 0 Å². The first-order valence-corrected chi connectivity index (χ1v) is 15.0. The lowest BCUT2D eigenvalue weighted by atomic mass is 9.87. The maximum atomic E-state index is 13.9. The molecular weight excluding hydrogens is 476 g/mol. The van der Waals surface area contributed by atoms with Crippen LogP contribution in [-0.4, -0.2) is 64.7 Å². The zero-order valence-corrected chi connectivity index (χ0v) is 23.2. The number of fused-ring (bicyclic) bond motifs is 1. The van der Waals surface area contributed by atoms with Gasteiger partial charge >= 0.3 is 0 Å². The second-order valence-electron chi connectivity index (χ2n) is 11.3. The molecule has 7 nitrogen and oxygen atoms in total. The van der Waals surface area contributed by atoms with E-state index in [1.165, 1.54) is 32.1 Å². The molecule has 1 aromatic heterocycles. The SMILES string of the molecule is CCCCC(NC(=O)Cc1c[nH]c2ccccc12)C(=O)N(CCC(=O)N1CCCC1)CCC1CCCCC1. The highest BCUT2D eigenvalue weighted by atomic mass is 16.2. The van der Waals surface area contributed by atoms with E-state index in [9.17, 15) is 14.4 Å². The second-order valence-corrected chi connectivity index (χ2v) is 11.3. The number of hydrogen-bond acceptors (Lipinski definition) is 3. The molecule has 1 unspecified atom stereocenters. The largest absolute Gasteiger partial charge is 0.361 e. The van der Waals surface area contributed by atoms with Gasteiger partial charge in [-0.05, 0) is 43.2 Å². The number of hydrogen-bond donors (Lipinski definition) is 2. The van der Waals surface area contributed by atoms with Gasteiger partial charge < -0.3 is 20.1 Å². The molecule has 1 aromatic carbocycles. The molecule has 2 aliphatic rings. The quantitative estimate of drug-likeness (QED) is 0.379. The molecule has 3 amide bonds. The number of likely N-dealkylation sites (tertiary alicyclic amines) is 1. The van der Waals surface area contributed by atoms with Crippen LogP contribution in [0.1, 0.15) is 89.5 Å². The maximum absolute atomic E-state index is 13.9. The minimum absolute atomic E-state index is 0.0317. The number of carbonyl (C=O) groups excluding carboxylic acids is 3. The molecule has 7 heteroatoms. The Morgan fingerprint density at radius 2 is 1.82 bits per heavy atom. The number of aromatic amines is 1. The van der Waals surface area contributed by atoms with Crippen molar-refractivity contribution < 1.29 is 14.4 Å². The van der Waals surface area contributed by atoms with E-state index >= 15 is 0 Å². The Labute approximate surface area is 227 Å². The number of nitrogens with zero attached hydrogens (tertiary/aromatic N) is 2. The van der Waals surface area contributed by atoms with E-state index in [-0.39, 0.29) is 24.1 Å². The molecule has 4 rings (SSSR count). The Kier molecular flexibility index (Phi) is 10.6. The van der Waals surface area contributed by atoms with Gasteiger partial charge in [0.2, 0.25) is 17.7 Å². The minimum atomic E-state index is -0.555. The summed E-state index contributed by atoms with van der Waals surface area (Å²) >= 11 is 0. The first-order valence-electron chi connectivity index (χ1n) is 15.0. The Balaban J connectivity index is 1.41. The zero-order chi connectivity index (χ0) is 26.7. The highest BCUT2D eigenvalue weighted by Gasteiger charge is 2.28. The number of H-pyrrole nitrogens is 1. The van der Waals surface area contributed by atoms with Crippen LogP contribution in [0.5, 0.6) is 0 Å². The Morgan fingerprint density at radius 1 is 1.05 bits per heavy atom. The molecule has 2 aromatic rings. The average molecular weight is 523 g/mol. The van der Waals surface area contributed by atoms with Gasteiger partial charge in [-0.2, -0.15) is 0 Å². The number of aromatic nitrogens is 1. The highest BCUT2D eigenvalue weighted by Crippen LogP contribution is 2.27. The van der Waals surface area contributed by atoms with Crippen LogP contribution in [0.3, 0.4) is 0 Å². The zero-order valence-electron chi connectivity index (χ0n) is 23.2. The summed E-state index contributed by atoms with van der Waals surface area (Å²) < 4.78 is 0. The topological polar surface area (TPSA) is 85.5 Å². The first-order chi connectivity index (χ1) is 18.5. The van der Waals surface area contributed by atoms with Crippen LogP contribution in [0.2, 0.25) is 0 Å². The molecule has 0 radical (unpaired) electrons. The van der Waals surface area contributed by atoms with E-state index in [0.29, 0.717) is 31.8 Å². The highest BCUT2D eigenvalue weighted by molar-refractivity contribution is 5.92. The summed E-state index contributed by atoms with van der Waals surface area (Å²) in [5.41, 5.74) is 1.94. The van der Waals surface area contributed by atoms with Crippen molar-refractivity contribution in [1.29, 1.82) is 0 Å². The normalized spacial score (nSPS) is 17.0. The fourth-order valence-corrected chi connectivity index (χ4v) is 6.08. The van der Waals surface area contributed by atoms with Crippen LogP contribution in [0, 0.1) is 5.92 Å². The van der Waals surface area contributed by atoms with Crippen LogP contribution in [0.15, 0.2) is 30.5 Å². The van der Waals surface area contributed by atoms with Crippen LogP contribution in [-0.2, 0) is 20.8 Å². The number of rotatable bonds is 13. The Bertz CT molecular complexity index is 1050. The van der Waals surface area contributed by atoms with Crippen LogP contribution >= 0.6 is 0 Å². The number of benzene rings is 1. The van der Waals surface area contributed by atoms with Gasteiger partial charge in [-0.25, -0.2) is 0 Å². The van der Waals surface area contributed by atoms with Gasteiger partial charge in [-0.1, -0.05) is 70.1 Å². The van der Waals surface area contributed by atoms with Crippen LogP contribution in [0.4, 0.5) is 0 Å². The molecule has 2 N–H and O–H groups in total. The maximum Gasteiger partial charge on any atom is 0.245 e. The standard InChI is InChI=1S/C31H46N4O3/c1-2-3-14-28(33-29(36)22-25-23-32-27-15-8-7-13-26(25)27)31(38)35(20-16-24-11-5-4-6-12-24)21-17-30(37)34-18-9-10-19-34/h7-8,13,15,23-24,28,32H,2-6,9-12,14,16-22H2,1H3,(H,33,36). The fourth-order valence-electron chi connectivity index (χ4n) is 6.08. The summed E-state index contributed by atoms with van der Waals surface area (Å²) in [6.07, 6.45) is 14.4. The van der Waals surface area contributed by atoms with Gasteiger partial charge in [0.1, 0.15) is 6.04 Å². The second kappa shape index (κ2) is 14.4. The summed E-state index contributed by atoms with van der Waals surface area (Å²) in [6, 6.07) is 7.40. The van der Waals surface area contributed by atoms with E-state index in [1.807, 2.05) is 40.3 Å². The third-order valence-corrected chi connectivity index (χ3v) is 8.40. The van der Waals surface area contributed by atoms with E-state index in [1.54, 1.807) is 0 Å². The minimum Gasteiger partial charge on any atom is -0.361 e. The van der Waals surface area contributed by atoms with Crippen molar-refractivity contribution >= 4 is 28.6 Å². The van der Waals surface area contributed by atoms with Crippen LogP contribution < -0.4 is 5.32 Å². The molecule has 0 spiro atoms. The number of unbranched alkanes of at least 4 members (excludes halogenated alkanes) is 1. The summed E-state index contributed by atoms with van der Waals surface area (Å²) in [6.45, 7) is 4.86. The summed E-state index contributed by atoms with van der Waals surface area (Å²) in [7, 11) is 0. The molecule has 1 aliphatic carbocycles. The average Bonchev–Trinajstić information content (AvgIpc) is 3.62. The van der Waals surface area contributed by atoms with Crippen molar-refractivity contribution in [2.75, 3.05) is 26.2 Å². The molecule has 208 valence electrons. The lowest BCUT2D eigenvalue weighted by molar-refractivity contribution is -0.138.